The SMILES string of the molecule is CCc1ccccc1N(CC(=O)N(Cc1ccc(Br)cc1)[C@@H](C)C(=O)NCC(C)C)S(=O)(=O)c1ccccc1. The van der Waals surface area contributed by atoms with Crippen LogP contribution in [0.15, 0.2) is 88.2 Å². The van der Waals surface area contributed by atoms with Crippen molar-refractivity contribution in [2.45, 2.75) is 51.6 Å². The van der Waals surface area contributed by atoms with Crippen molar-refractivity contribution in [3.63, 3.8) is 0 Å². The van der Waals surface area contributed by atoms with Crippen LogP contribution in [0.1, 0.15) is 38.8 Å². The lowest BCUT2D eigenvalue weighted by molar-refractivity contribution is -0.139. The second-order valence-electron chi connectivity index (χ2n) is 9.77. The fraction of sp³-hybridized carbons (Fsp3) is 0.333. The van der Waals surface area contributed by atoms with Crippen molar-refractivity contribution in [1.82, 2.24) is 10.2 Å². The van der Waals surface area contributed by atoms with E-state index in [-0.39, 0.29) is 23.3 Å². The molecule has 0 radical (unpaired) electrons. The number of sulfonamides is 1. The van der Waals surface area contributed by atoms with Gasteiger partial charge in [0.15, 0.2) is 0 Å². The van der Waals surface area contributed by atoms with E-state index in [9.17, 15) is 18.0 Å². The largest absolute Gasteiger partial charge is 0.354 e. The maximum Gasteiger partial charge on any atom is 0.264 e. The molecule has 208 valence electrons. The molecule has 1 atom stereocenters. The van der Waals surface area contributed by atoms with Crippen LogP contribution in [0.5, 0.6) is 0 Å². The highest BCUT2D eigenvalue weighted by molar-refractivity contribution is 9.10. The Labute approximate surface area is 240 Å². The Morgan fingerprint density at radius 1 is 0.897 bits per heavy atom. The Kier molecular flexibility index (Phi) is 10.7. The monoisotopic (exact) mass is 613 g/mol. The molecule has 1 N–H and O–H groups in total. The average molecular weight is 615 g/mol. The second kappa shape index (κ2) is 13.8. The van der Waals surface area contributed by atoms with E-state index in [0.29, 0.717) is 18.7 Å². The van der Waals surface area contributed by atoms with E-state index in [1.807, 2.05) is 57.2 Å². The lowest BCUT2D eigenvalue weighted by Crippen LogP contribution is -2.51. The first-order chi connectivity index (χ1) is 18.5. The maximum absolute atomic E-state index is 14.0. The minimum Gasteiger partial charge on any atom is -0.354 e. The van der Waals surface area contributed by atoms with Crippen molar-refractivity contribution < 1.29 is 18.0 Å². The number of nitrogens with zero attached hydrogens (tertiary/aromatic N) is 2. The minimum atomic E-state index is -4.08. The van der Waals surface area contributed by atoms with Gasteiger partial charge in [-0.25, -0.2) is 8.42 Å². The number of halogens is 1. The van der Waals surface area contributed by atoms with Crippen LogP contribution in [-0.2, 0) is 32.6 Å². The van der Waals surface area contributed by atoms with Crippen molar-refractivity contribution in [2.24, 2.45) is 5.92 Å². The first-order valence-electron chi connectivity index (χ1n) is 13.0. The molecule has 0 bridgehead atoms. The fourth-order valence-electron chi connectivity index (χ4n) is 4.11. The molecular formula is C30H36BrN3O4S. The van der Waals surface area contributed by atoms with E-state index in [4.69, 9.17) is 0 Å². The number of anilines is 1. The Morgan fingerprint density at radius 2 is 1.51 bits per heavy atom. The van der Waals surface area contributed by atoms with E-state index in [1.165, 1.54) is 17.0 Å². The summed E-state index contributed by atoms with van der Waals surface area (Å²) in [5, 5.41) is 2.90. The number of aryl methyl sites for hydroxylation is 1. The third kappa shape index (κ3) is 7.92. The molecular weight excluding hydrogens is 578 g/mol. The summed E-state index contributed by atoms with van der Waals surface area (Å²) in [6.07, 6.45) is 0.585. The number of hydrogen-bond acceptors (Lipinski definition) is 4. The third-order valence-electron chi connectivity index (χ3n) is 6.37. The summed E-state index contributed by atoms with van der Waals surface area (Å²) >= 11 is 3.42. The standard InChI is InChI=1S/C30H36BrN3O4S/c1-5-25-11-9-10-14-28(25)34(39(37,38)27-12-7-6-8-13-27)21-29(35)33(20-24-15-17-26(31)18-16-24)23(4)30(36)32-19-22(2)3/h6-18,22-23H,5,19-21H2,1-4H3,(H,32,36)/t23-/m0/s1. The molecule has 3 aromatic rings. The summed E-state index contributed by atoms with van der Waals surface area (Å²) in [6, 6.07) is 21.9. The zero-order chi connectivity index (χ0) is 28.6. The van der Waals surface area contributed by atoms with Gasteiger partial charge in [-0.05, 0) is 60.7 Å². The predicted molar refractivity (Wildman–Crippen MR) is 159 cm³/mol. The van der Waals surface area contributed by atoms with Crippen LogP contribution in [0, 0.1) is 5.92 Å². The van der Waals surface area contributed by atoms with Gasteiger partial charge < -0.3 is 10.2 Å². The van der Waals surface area contributed by atoms with E-state index < -0.39 is 28.5 Å². The van der Waals surface area contributed by atoms with Crippen LogP contribution in [0.2, 0.25) is 0 Å². The molecule has 0 aromatic heterocycles. The molecule has 0 aliphatic carbocycles. The molecule has 0 aliphatic heterocycles. The van der Waals surface area contributed by atoms with Crippen molar-refractivity contribution in [1.29, 1.82) is 0 Å². The van der Waals surface area contributed by atoms with Crippen LogP contribution in [-0.4, -0.2) is 44.3 Å². The van der Waals surface area contributed by atoms with E-state index in [2.05, 4.69) is 21.2 Å². The number of carbonyl (C=O) groups excluding carboxylic acids is 2. The highest BCUT2D eigenvalue weighted by Gasteiger charge is 2.33. The highest BCUT2D eigenvalue weighted by Crippen LogP contribution is 2.28. The number of carbonyl (C=O) groups is 2. The maximum atomic E-state index is 14.0. The summed E-state index contributed by atoms with van der Waals surface area (Å²) in [7, 11) is -4.08. The van der Waals surface area contributed by atoms with Gasteiger partial charge in [-0.2, -0.15) is 0 Å². The number of nitrogens with one attached hydrogen (secondary N) is 1. The first-order valence-corrected chi connectivity index (χ1v) is 15.2. The number of hydrogen-bond donors (Lipinski definition) is 1. The van der Waals surface area contributed by atoms with Crippen molar-refractivity contribution in [2.75, 3.05) is 17.4 Å². The van der Waals surface area contributed by atoms with Gasteiger partial charge >= 0.3 is 0 Å². The molecule has 0 saturated heterocycles. The van der Waals surface area contributed by atoms with Crippen molar-refractivity contribution >= 4 is 43.5 Å². The predicted octanol–water partition coefficient (Wildman–Crippen LogP) is 5.40. The molecule has 0 aliphatic rings. The summed E-state index contributed by atoms with van der Waals surface area (Å²) in [5.74, 6) is -0.523. The molecule has 0 fully saturated rings. The molecule has 9 heteroatoms. The molecule has 2 amide bonds. The van der Waals surface area contributed by atoms with Gasteiger partial charge in [-0.3, -0.25) is 13.9 Å². The first kappa shape index (κ1) is 30.4. The summed E-state index contributed by atoms with van der Waals surface area (Å²) in [4.78, 5) is 28.6. The van der Waals surface area contributed by atoms with Gasteiger partial charge in [0.05, 0.1) is 10.6 Å². The zero-order valence-corrected chi connectivity index (χ0v) is 25.2. The normalized spacial score (nSPS) is 12.2. The Balaban J connectivity index is 2.03. The van der Waals surface area contributed by atoms with E-state index in [0.717, 1.165) is 19.9 Å². The van der Waals surface area contributed by atoms with Gasteiger partial charge in [0.1, 0.15) is 12.6 Å². The van der Waals surface area contributed by atoms with Crippen molar-refractivity contribution in [3.8, 4) is 0 Å². The van der Waals surface area contributed by atoms with Crippen LogP contribution < -0.4 is 9.62 Å². The van der Waals surface area contributed by atoms with Crippen LogP contribution in [0.3, 0.4) is 0 Å². The topological polar surface area (TPSA) is 86.8 Å². The molecule has 0 saturated carbocycles. The lowest BCUT2D eigenvalue weighted by atomic mass is 10.1. The Bertz CT molecular complexity index is 1360. The minimum absolute atomic E-state index is 0.0888. The van der Waals surface area contributed by atoms with Gasteiger partial charge in [-0.15, -0.1) is 0 Å². The molecule has 0 unspecified atom stereocenters. The Hall–Kier alpha value is -3.17. The van der Waals surface area contributed by atoms with Crippen LogP contribution in [0.25, 0.3) is 0 Å². The van der Waals surface area contributed by atoms with Gasteiger partial charge in [0, 0.05) is 17.6 Å². The number of benzene rings is 3. The smallest absolute Gasteiger partial charge is 0.264 e. The molecule has 0 spiro atoms. The highest BCUT2D eigenvalue weighted by atomic mass is 79.9. The molecule has 0 heterocycles. The molecule has 39 heavy (non-hydrogen) atoms. The van der Waals surface area contributed by atoms with E-state index in [1.54, 1.807) is 37.3 Å². The second-order valence-corrected chi connectivity index (χ2v) is 12.5. The lowest BCUT2D eigenvalue weighted by Gasteiger charge is -2.32. The van der Waals surface area contributed by atoms with Gasteiger partial charge in [-0.1, -0.05) is 85.2 Å². The summed E-state index contributed by atoms with van der Waals surface area (Å²) < 4.78 is 29.9. The quantitative estimate of drug-likeness (QED) is 0.296. The van der Waals surface area contributed by atoms with Gasteiger partial charge in [0.25, 0.3) is 10.0 Å². The number of para-hydroxylation sites is 1. The Morgan fingerprint density at radius 3 is 2.13 bits per heavy atom. The number of amides is 2. The summed E-state index contributed by atoms with van der Waals surface area (Å²) in [6.45, 7) is 7.77. The zero-order valence-electron chi connectivity index (χ0n) is 22.8. The molecule has 7 nitrogen and oxygen atoms in total. The van der Waals surface area contributed by atoms with Crippen LogP contribution >= 0.6 is 15.9 Å². The fourth-order valence-corrected chi connectivity index (χ4v) is 5.85. The van der Waals surface area contributed by atoms with Crippen molar-refractivity contribution in [3.05, 3.63) is 94.5 Å². The third-order valence-corrected chi connectivity index (χ3v) is 8.67. The summed E-state index contributed by atoms with van der Waals surface area (Å²) in [5.41, 5.74) is 2.06. The molecule has 3 aromatic carbocycles. The van der Waals surface area contributed by atoms with Crippen LogP contribution in [0.4, 0.5) is 5.69 Å². The molecule has 3 rings (SSSR count). The van der Waals surface area contributed by atoms with E-state index >= 15 is 0 Å². The average Bonchev–Trinajstić information content (AvgIpc) is 2.94. The number of rotatable bonds is 12. The van der Waals surface area contributed by atoms with Gasteiger partial charge in [0.2, 0.25) is 11.8 Å².